The Bertz CT molecular complexity index is 481. The van der Waals surface area contributed by atoms with Crippen molar-refractivity contribution in [3.8, 4) is 0 Å². The van der Waals surface area contributed by atoms with Crippen molar-refractivity contribution >= 4 is 10.0 Å². The van der Waals surface area contributed by atoms with Crippen LogP contribution in [-0.2, 0) is 16.6 Å². The molecule has 0 saturated heterocycles. The van der Waals surface area contributed by atoms with Crippen molar-refractivity contribution < 1.29 is 8.42 Å². The van der Waals surface area contributed by atoms with E-state index >= 15 is 0 Å². The van der Waals surface area contributed by atoms with E-state index in [-0.39, 0.29) is 17.6 Å². The van der Waals surface area contributed by atoms with Crippen LogP contribution in [0.15, 0.2) is 17.6 Å². The van der Waals surface area contributed by atoms with E-state index in [0.717, 1.165) is 6.54 Å². The van der Waals surface area contributed by atoms with Gasteiger partial charge >= 0.3 is 0 Å². The fourth-order valence-corrected chi connectivity index (χ4v) is 2.83. The molecule has 2 N–H and O–H groups in total. The number of nitrogens with two attached hydrogens (primary N) is 1. The van der Waals surface area contributed by atoms with Gasteiger partial charge in [-0.15, -0.1) is 0 Å². The molecule has 1 unspecified atom stereocenters. The third-order valence-corrected chi connectivity index (χ3v) is 4.65. The van der Waals surface area contributed by atoms with Crippen molar-refractivity contribution in [3.63, 3.8) is 0 Å². The first-order chi connectivity index (χ1) is 8.28. The second-order valence-electron chi connectivity index (χ2n) is 4.91. The van der Waals surface area contributed by atoms with Crippen LogP contribution in [0.4, 0.5) is 0 Å². The Morgan fingerprint density at radius 2 is 2.06 bits per heavy atom. The molecule has 0 bridgehead atoms. The molecule has 0 aromatic carbocycles. The normalized spacial score (nSPS) is 14.4. The van der Waals surface area contributed by atoms with E-state index in [1.807, 2.05) is 0 Å². The number of hydrogen-bond acceptors (Lipinski definition) is 4. The molecule has 1 aromatic heterocycles. The molecule has 7 heteroatoms. The lowest BCUT2D eigenvalue weighted by Crippen LogP contribution is -2.39. The van der Waals surface area contributed by atoms with Crippen molar-refractivity contribution in [1.29, 1.82) is 0 Å². The standard InChI is InChI=1S/C11H22N4O2S/c1-9(2)6-15-7-11(13-8-15)18(16,17)14(4)10(3)5-12/h7-10H,5-6,12H2,1-4H3. The average Bonchev–Trinajstić information content (AvgIpc) is 2.75. The Morgan fingerprint density at radius 3 is 2.56 bits per heavy atom. The number of rotatable bonds is 6. The summed E-state index contributed by atoms with van der Waals surface area (Å²) in [6.45, 7) is 6.93. The van der Waals surface area contributed by atoms with E-state index in [1.165, 1.54) is 11.4 Å². The third kappa shape index (κ3) is 3.30. The molecule has 0 aliphatic rings. The van der Waals surface area contributed by atoms with Gasteiger partial charge in [0.25, 0.3) is 10.0 Å². The number of imidazole rings is 1. The highest BCUT2D eigenvalue weighted by atomic mass is 32.2. The molecule has 1 aromatic rings. The van der Waals surface area contributed by atoms with Crippen LogP contribution in [0.5, 0.6) is 0 Å². The number of nitrogens with zero attached hydrogens (tertiary/aromatic N) is 3. The van der Waals surface area contributed by atoms with Crippen LogP contribution in [0, 0.1) is 5.92 Å². The Kier molecular flexibility index (Phi) is 4.89. The van der Waals surface area contributed by atoms with Crippen molar-refractivity contribution in [2.24, 2.45) is 11.7 Å². The van der Waals surface area contributed by atoms with Gasteiger partial charge in [-0.05, 0) is 12.8 Å². The molecule has 18 heavy (non-hydrogen) atoms. The summed E-state index contributed by atoms with van der Waals surface area (Å²) in [6, 6.07) is -0.245. The van der Waals surface area contributed by atoms with Gasteiger partial charge in [-0.2, -0.15) is 4.31 Å². The van der Waals surface area contributed by atoms with E-state index in [1.54, 1.807) is 24.0 Å². The second-order valence-corrected chi connectivity index (χ2v) is 6.85. The molecule has 0 amide bonds. The van der Waals surface area contributed by atoms with Gasteiger partial charge in [0.15, 0.2) is 5.03 Å². The number of likely N-dealkylation sites (N-methyl/N-ethyl adjacent to an activating group) is 1. The van der Waals surface area contributed by atoms with Crippen molar-refractivity contribution in [2.45, 2.75) is 38.4 Å². The first-order valence-corrected chi connectivity index (χ1v) is 7.43. The molecule has 1 heterocycles. The molecular formula is C11H22N4O2S. The Labute approximate surface area is 109 Å². The lowest BCUT2D eigenvalue weighted by Gasteiger charge is -2.21. The summed E-state index contributed by atoms with van der Waals surface area (Å²) in [4.78, 5) is 3.97. The molecule has 6 nitrogen and oxygen atoms in total. The van der Waals surface area contributed by atoms with Gasteiger partial charge in [0, 0.05) is 32.4 Å². The minimum absolute atomic E-state index is 0.0750. The van der Waals surface area contributed by atoms with Crippen LogP contribution < -0.4 is 5.73 Å². The van der Waals surface area contributed by atoms with Crippen LogP contribution in [0.25, 0.3) is 0 Å². The van der Waals surface area contributed by atoms with Gasteiger partial charge in [-0.25, -0.2) is 13.4 Å². The molecule has 0 aliphatic heterocycles. The molecule has 0 radical (unpaired) electrons. The van der Waals surface area contributed by atoms with E-state index in [2.05, 4.69) is 18.8 Å². The summed E-state index contributed by atoms with van der Waals surface area (Å²) in [5.74, 6) is 0.440. The molecule has 1 rings (SSSR count). The average molecular weight is 274 g/mol. The minimum atomic E-state index is -3.54. The molecule has 0 spiro atoms. The van der Waals surface area contributed by atoms with Gasteiger partial charge in [0.1, 0.15) is 0 Å². The van der Waals surface area contributed by atoms with Crippen molar-refractivity contribution in [1.82, 2.24) is 13.9 Å². The van der Waals surface area contributed by atoms with Crippen LogP contribution >= 0.6 is 0 Å². The number of hydrogen-bond donors (Lipinski definition) is 1. The lowest BCUT2D eigenvalue weighted by molar-refractivity contribution is 0.393. The maximum Gasteiger partial charge on any atom is 0.262 e. The predicted octanol–water partition coefficient (Wildman–Crippen LogP) is 0.507. The Hall–Kier alpha value is -0.920. The molecule has 0 fully saturated rings. The maximum atomic E-state index is 12.2. The molecule has 0 saturated carbocycles. The van der Waals surface area contributed by atoms with Crippen LogP contribution in [0.2, 0.25) is 0 Å². The molecule has 0 aliphatic carbocycles. The van der Waals surface area contributed by atoms with Crippen molar-refractivity contribution in [3.05, 3.63) is 12.5 Å². The molecule has 1 atom stereocenters. The van der Waals surface area contributed by atoms with Crippen LogP contribution in [0.3, 0.4) is 0 Å². The zero-order chi connectivity index (χ0) is 13.9. The minimum Gasteiger partial charge on any atom is -0.336 e. The fraction of sp³-hybridized carbons (Fsp3) is 0.727. The highest BCUT2D eigenvalue weighted by Crippen LogP contribution is 2.14. The smallest absolute Gasteiger partial charge is 0.262 e. The van der Waals surface area contributed by atoms with E-state index < -0.39 is 10.0 Å². The molecule has 104 valence electrons. The quantitative estimate of drug-likeness (QED) is 0.819. The Morgan fingerprint density at radius 1 is 1.44 bits per heavy atom. The van der Waals surface area contributed by atoms with Crippen LogP contribution in [-0.4, -0.2) is 41.9 Å². The second kappa shape index (κ2) is 5.81. The summed E-state index contributed by atoms with van der Waals surface area (Å²) in [7, 11) is -2.02. The van der Waals surface area contributed by atoms with Gasteiger partial charge in [-0.1, -0.05) is 13.8 Å². The molecular weight excluding hydrogens is 252 g/mol. The first-order valence-electron chi connectivity index (χ1n) is 5.99. The highest BCUT2D eigenvalue weighted by Gasteiger charge is 2.26. The monoisotopic (exact) mass is 274 g/mol. The van der Waals surface area contributed by atoms with E-state index in [0.29, 0.717) is 5.92 Å². The lowest BCUT2D eigenvalue weighted by atomic mass is 10.2. The fourth-order valence-electron chi connectivity index (χ4n) is 1.53. The van der Waals surface area contributed by atoms with Gasteiger partial charge in [0.2, 0.25) is 0 Å². The summed E-state index contributed by atoms with van der Waals surface area (Å²) in [5, 5.41) is 0.0750. The zero-order valence-corrected chi connectivity index (χ0v) is 12.2. The van der Waals surface area contributed by atoms with Crippen molar-refractivity contribution in [2.75, 3.05) is 13.6 Å². The van der Waals surface area contributed by atoms with Gasteiger partial charge < -0.3 is 10.3 Å². The summed E-state index contributed by atoms with van der Waals surface area (Å²) >= 11 is 0. The SMILES string of the molecule is CC(C)Cn1cnc(S(=O)(=O)N(C)C(C)CN)c1. The van der Waals surface area contributed by atoms with Gasteiger partial charge in [0.05, 0.1) is 6.33 Å². The van der Waals surface area contributed by atoms with Gasteiger partial charge in [-0.3, -0.25) is 0 Å². The van der Waals surface area contributed by atoms with E-state index in [4.69, 9.17) is 5.73 Å². The third-order valence-electron chi connectivity index (χ3n) is 2.79. The van der Waals surface area contributed by atoms with Crippen LogP contribution in [0.1, 0.15) is 20.8 Å². The summed E-state index contributed by atoms with van der Waals surface area (Å²) < 4.78 is 27.5. The predicted molar refractivity (Wildman–Crippen MR) is 70.5 cm³/mol. The Balaban J connectivity index is 2.95. The largest absolute Gasteiger partial charge is 0.336 e. The van der Waals surface area contributed by atoms with E-state index in [9.17, 15) is 8.42 Å². The zero-order valence-electron chi connectivity index (χ0n) is 11.4. The number of sulfonamides is 1. The topological polar surface area (TPSA) is 81.2 Å². The number of aromatic nitrogens is 2. The first kappa shape index (κ1) is 15.1. The highest BCUT2D eigenvalue weighted by molar-refractivity contribution is 7.89. The maximum absolute atomic E-state index is 12.2. The summed E-state index contributed by atoms with van der Waals surface area (Å²) in [5.41, 5.74) is 5.49. The summed E-state index contributed by atoms with van der Waals surface area (Å²) in [6.07, 6.45) is 3.11.